The number of nitrogens with zero attached hydrogens (tertiary/aromatic N) is 2. The van der Waals surface area contributed by atoms with Crippen molar-refractivity contribution in [1.29, 1.82) is 0 Å². The minimum atomic E-state index is -0.668. The molecule has 21 rings (SSSR count). The monoisotopic (exact) mass is 1070 g/mol. The fourth-order valence-electron chi connectivity index (χ4n) is 16.9. The maximum absolute atomic E-state index is 7.61. The molecule has 388 valence electrons. The van der Waals surface area contributed by atoms with Gasteiger partial charge in [0, 0.05) is 44.0 Å². The Bertz CT molecular complexity index is 5550. The lowest BCUT2D eigenvalue weighted by Gasteiger charge is -2.36. The summed E-state index contributed by atoms with van der Waals surface area (Å²) in [5.74, 6) is 3.61. The molecule has 0 saturated heterocycles. The Labute approximate surface area is 490 Å². The molecule has 0 N–H and O–H groups in total. The standard InChI is InChI=1S/C79H44B2N2O2/c1-4-17-45(18-5-1)48-33-35-67-57(37-48)53-25-14-29-63-77(53)82(67)69-31-16-32-71-75(69)80(63)65-41-55-51-23-10-12-27-59(51)79(61(55)43-72(65)84-71)60-28-13-11-24-52(60)56-42-66-73(44-62(56)79)85-74-40-50(47-21-8-3-9-22-47)39-70-76(74)81(66)64-30-15-26-54-58-38-49(46-19-6-2-7-20-46)34-36-68(58)83(70)78(54)64/h1-44H. The molecule has 2 aliphatic carbocycles. The van der Waals surface area contributed by atoms with Crippen molar-refractivity contribution in [2.45, 2.75) is 5.41 Å². The molecule has 6 heterocycles. The van der Waals surface area contributed by atoms with Gasteiger partial charge in [-0.05, 0) is 171 Å². The van der Waals surface area contributed by atoms with Gasteiger partial charge >= 0.3 is 0 Å². The van der Waals surface area contributed by atoms with Crippen LogP contribution in [-0.2, 0) is 5.41 Å². The van der Waals surface area contributed by atoms with Crippen LogP contribution >= 0.6 is 0 Å². The summed E-state index contributed by atoms with van der Waals surface area (Å²) in [7, 11) is 0. The van der Waals surface area contributed by atoms with E-state index in [0.29, 0.717) is 0 Å². The number of aromatic nitrogens is 2. The van der Waals surface area contributed by atoms with Crippen LogP contribution in [0.3, 0.4) is 0 Å². The van der Waals surface area contributed by atoms with Crippen molar-refractivity contribution >= 4 is 89.8 Å². The first-order valence-electron chi connectivity index (χ1n) is 29.7. The van der Waals surface area contributed by atoms with Crippen LogP contribution in [0.4, 0.5) is 0 Å². The quantitative estimate of drug-likeness (QED) is 0.165. The zero-order valence-corrected chi connectivity index (χ0v) is 45.8. The molecule has 0 fully saturated rings. The number of rotatable bonds is 3. The third-order valence-electron chi connectivity index (χ3n) is 20.2. The Morgan fingerprint density at radius 2 is 0.741 bits per heavy atom. The molecule has 6 heteroatoms. The van der Waals surface area contributed by atoms with Crippen LogP contribution in [0.25, 0.3) is 111 Å². The van der Waals surface area contributed by atoms with Crippen molar-refractivity contribution in [1.82, 2.24) is 9.13 Å². The molecular weight excluding hydrogens is 1030 g/mol. The van der Waals surface area contributed by atoms with E-state index >= 15 is 0 Å². The van der Waals surface area contributed by atoms with Gasteiger partial charge < -0.3 is 18.6 Å². The van der Waals surface area contributed by atoms with Gasteiger partial charge in [-0.25, -0.2) is 0 Å². The number of benzene rings is 13. The molecule has 6 aliphatic rings. The lowest BCUT2D eigenvalue weighted by atomic mass is 9.34. The Morgan fingerprint density at radius 1 is 0.271 bits per heavy atom. The van der Waals surface area contributed by atoms with E-state index in [0.717, 1.165) is 34.1 Å². The van der Waals surface area contributed by atoms with E-state index in [1.54, 1.807) is 0 Å². The number of para-hydroxylation sites is 2. The van der Waals surface area contributed by atoms with Crippen molar-refractivity contribution in [3.63, 3.8) is 0 Å². The fraction of sp³-hybridized carbons (Fsp3) is 0.0127. The lowest BCUT2D eigenvalue weighted by Crippen LogP contribution is -2.58. The van der Waals surface area contributed by atoms with Gasteiger partial charge in [0.2, 0.25) is 0 Å². The summed E-state index contributed by atoms with van der Waals surface area (Å²) in [6.07, 6.45) is 0. The van der Waals surface area contributed by atoms with Crippen molar-refractivity contribution in [3.05, 3.63) is 289 Å². The van der Waals surface area contributed by atoms with Crippen LogP contribution in [0.2, 0.25) is 0 Å². The molecule has 0 radical (unpaired) electrons. The van der Waals surface area contributed by atoms with Gasteiger partial charge in [-0.15, -0.1) is 0 Å². The Morgan fingerprint density at radius 3 is 1.29 bits per heavy atom. The van der Waals surface area contributed by atoms with E-state index in [-0.39, 0.29) is 13.4 Å². The molecule has 0 saturated carbocycles. The lowest BCUT2D eigenvalue weighted by molar-refractivity contribution is 0.485. The first kappa shape index (κ1) is 44.8. The summed E-state index contributed by atoms with van der Waals surface area (Å²) in [6.45, 7) is -0.128. The highest BCUT2D eigenvalue weighted by molar-refractivity contribution is 7.00. The zero-order chi connectivity index (χ0) is 55.0. The fourth-order valence-corrected chi connectivity index (χ4v) is 16.9. The Kier molecular flexibility index (Phi) is 8.35. The summed E-state index contributed by atoms with van der Waals surface area (Å²) in [5.41, 5.74) is 31.2. The highest BCUT2D eigenvalue weighted by Gasteiger charge is 2.54. The van der Waals surface area contributed by atoms with Crippen LogP contribution in [0.1, 0.15) is 22.3 Å². The molecule has 4 nitrogen and oxygen atoms in total. The van der Waals surface area contributed by atoms with Crippen molar-refractivity contribution in [2.75, 3.05) is 0 Å². The molecule has 0 bridgehead atoms. The van der Waals surface area contributed by atoms with Gasteiger partial charge in [0.1, 0.15) is 23.0 Å². The van der Waals surface area contributed by atoms with E-state index < -0.39 is 5.41 Å². The van der Waals surface area contributed by atoms with Crippen molar-refractivity contribution in [2.24, 2.45) is 0 Å². The van der Waals surface area contributed by atoms with Gasteiger partial charge in [0.25, 0.3) is 13.4 Å². The first-order valence-corrected chi connectivity index (χ1v) is 29.7. The normalized spacial score (nSPS) is 15.2. The second-order valence-corrected chi connectivity index (χ2v) is 24.1. The minimum absolute atomic E-state index is 0.0445. The molecule has 1 unspecified atom stereocenters. The maximum atomic E-state index is 7.61. The largest absolute Gasteiger partial charge is 0.458 e. The smallest absolute Gasteiger partial charge is 0.256 e. The number of hydrogen-bond acceptors (Lipinski definition) is 2. The molecule has 2 aromatic heterocycles. The van der Waals surface area contributed by atoms with Gasteiger partial charge in [0.15, 0.2) is 0 Å². The van der Waals surface area contributed by atoms with Crippen LogP contribution in [0.15, 0.2) is 267 Å². The van der Waals surface area contributed by atoms with Gasteiger partial charge in [-0.2, -0.15) is 0 Å². The highest BCUT2D eigenvalue weighted by Crippen LogP contribution is 2.64. The van der Waals surface area contributed by atoms with Crippen molar-refractivity contribution in [3.8, 4) is 90.0 Å². The second kappa shape index (κ2) is 15.8. The minimum Gasteiger partial charge on any atom is -0.458 e. The second-order valence-electron chi connectivity index (χ2n) is 24.1. The van der Waals surface area contributed by atoms with Crippen LogP contribution in [0, 0.1) is 0 Å². The van der Waals surface area contributed by atoms with Crippen molar-refractivity contribution < 1.29 is 9.47 Å². The summed E-state index contributed by atoms with van der Waals surface area (Å²) in [6, 6.07) is 99.9. The molecule has 13 aromatic carbocycles. The summed E-state index contributed by atoms with van der Waals surface area (Å²) >= 11 is 0. The van der Waals surface area contributed by atoms with Gasteiger partial charge in [-0.1, -0.05) is 206 Å². The SMILES string of the molecule is c1ccc(-c2cc3c4c(c2)-n2c5ccc(-c6ccccc6)cc5c5cccc(c52)B4c2cc4c(cc2O3)C2(c3ccccc3-c3cc5c(cc32)Oc2cccc3c2B5c2cccc5c6cc(-c7ccccc7)ccc6n-3c25)c2ccccc2-4)cc1. The topological polar surface area (TPSA) is 28.3 Å². The van der Waals surface area contributed by atoms with Gasteiger partial charge in [0.05, 0.1) is 16.4 Å². The molecule has 1 spiro atoms. The molecule has 1 atom stereocenters. The molecule has 85 heavy (non-hydrogen) atoms. The maximum Gasteiger partial charge on any atom is 0.256 e. The number of fused-ring (bicyclic) bond motifs is 24. The summed E-state index contributed by atoms with van der Waals surface area (Å²) < 4.78 is 20.0. The van der Waals surface area contributed by atoms with E-state index in [1.807, 2.05) is 0 Å². The molecule has 0 amide bonds. The molecule has 15 aromatic rings. The van der Waals surface area contributed by atoms with E-state index in [1.165, 1.54) is 155 Å². The predicted octanol–water partition coefficient (Wildman–Crippen LogP) is 15.1. The highest BCUT2D eigenvalue weighted by atomic mass is 16.5. The first-order chi connectivity index (χ1) is 42.2. The molecule has 4 aliphatic heterocycles. The average Bonchev–Trinajstić information content (AvgIpc) is 1.69. The predicted molar refractivity (Wildman–Crippen MR) is 350 cm³/mol. The third-order valence-corrected chi connectivity index (χ3v) is 20.2. The van der Waals surface area contributed by atoms with Crippen LogP contribution in [-0.4, -0.2) is 22.6 Å². The third kappa shape index (κ3) is 5.52. The summed E-state index contributed by atoms with van der Waals surface area (Å²) in [4.78, 5) is 0. The van der Waals surface area contributed by atoms with E-state index in [4.69, 9.17) is 9.47 Å². The van der Waals surface area contributed by atoms with E-state index in [2.05, 4.69) is 276 Å². The summed E-state index contributed by atoms with van der Waals surface area (Å²) in [5, 5.41) is 5.03. The Hall–Kier alpha value is -10.8. The zero-order valence-electron chi connectivity index (χ0n) is 45.8. The van der Waals surface area contributed by atoms with Gasteiger partial charge in [-0.3, -0.25) is 0 Å². The number of hydrogen-bond donors (Lipinski definition) is 0. The molecular formula is C79H44B2N2O2. The Balaban J connectivity index is 0.790. The average molecular weight is 1070 g/mol. The number of ether oxygens (including phenoxy) is 2. The van der Waals surface area contributed by atoms with Crippen LogP contribution in [0.5, 0.6) is 23.0 Å². The van der Waals surface area contributed by atoms with E-state index in [9.17, 15) is 0 Å². The van der Waals surface area contributed by atoms with Crippen LogP contribution < -0.4 is 42.3 Å².